The van der Waals surface area contributed by atoms with Crippen LogP contribution in [0.15, 0.2) is 54.6 Å². The van der Waals surface area contributed by atoms with Crippen LogP contribution in [-0.2, 0) is 20.9 Å². The molecule has 48 heavy (non-hydrogen) atoms. The number of carbonyl (C=O) groups is 3. The van der Waals surface area contributed by atoms with Crippen LogP contribution >= 0.6 is 23.2 Å². The summed E-state index contributed by atoms with van der Waals surface area (Å²) in [5.41, 5.74) is 3.28. The molecular formula is C35H32Cl2F4N2O5. The molecule has 3 fully saturated rings. The lowest BCUT2D eigenvalue weighted by atomic mass is 9.82. The van der Waals surface area contributed by atoms with Crippen molar-refractivity contribution in [1.82, 2.24) is 9.80 Å². The molecule has 2 saturated heterocycles. The molecule has 0 unspecified atom stereocenters. The SMILES string of the molecule is CC1(COc2cc(F)c(C(=O)N3CCC[C@H]3C(=O)OC(=O)C(F)(F)F)cc2C2CC2)CN(Cc2ccc(-c3cc(Cl)cc(Cl)c3)cc2)C1. The first-order chi connectivity index (χ1) is 22.7. The maximum atomic E-state index is 15.4. The molecule has 2 heterocycles. The van der Waals surface area contributed by atoms with Gasteiger partial charge in [0.2, 0.25) is 0 Å². The minimum absolute atomic E-state index is 0.00499. The fourth-order valence-corrected chi connectivity index (χ4v) is 7.00. The van der Waals surface area contributed by atoms with E-state index in [1.54, 1.807) is 6.07 Å². The molecule has 1 aliphatic carbocycles. The topological polar surface area (TPSA) is 76.1 Å². The first-order valence-corrected chi connectivity index (χ1v) is 16.3. The molecule has 0 radical (unpaired) electrons. The predicted octanol–water partition coefficient (Wildman–Crippen LogP) is 7.81. The Hall–Kier alpha value is -3.67. The number of halogens is 6. The van der Waals surface area contributed by atoms with E-state index in [1.807, 2.05) is 24.3 Å². The molecule has 0 spiro atoms. The number of likely N-dealkylation sites (tertiary alicyclic amines) is 2. The third-order valence-corrected chi connectivity index (χ3v) is 9.34. The molecule has 13 heteroatoms. The summed E-state index contributed by atoms with van der Waals surface area (Å²) in [6.45, 7) is 4.71. The molecule has 0 aromatic heterocycles. The number of esters is 2. The smallest absolute Gasteiger partial charge is 0.491 e. The van der Waals surface area contributed by atoms with Crippen LogP contribution in [-0.4, -0.2) is 66.1 Å². The zero-order valence-corrected chi connectivity index (χ0v) is 27.4. The Bertz CT molecular complexity index is 1720. The maximum absolute atomic E-state index is 15.4. The van der Waals surface area contributed by atoms with Gasteiger partial charge >= 0.3 is 18.1 Å². The summed E-state index contributed by atoms with van der Waals surface area (Å²) in [7, 11) is 0. The lowest BCUT2D eigenvalue weighted by Gasteiger charge is -2.48. The Morgan fingerprint density at radius 1 is 0.938 bits per heavy atom. The fraction of sp³-hybridized carbons (Fsp3) is 0.400. The van der Waals surface area contributed by atoms with E-state index >= 15 is 4.39 Å². The van der Waals surface area contributed by atoms with Crippen molar-refractivity contribution in [3.8, 4) is 16.9 Å². The van der Waals surface area contributed by atoms with E-state index < -0.39 is 35.9 Å². The summed E-state index contributed by atoms with van der Waals surface area (Å²) in [4.78, 5) is 40.1. The number of hydrogen-bond donors (Lipinski definition) is 0. The molecule has 2 aliphatic heterocycles. The van der Waals surface area contributed by atoms with Crippen LogP contribution in [0.2, 0.25) is 10.0 Å². The average Bonchev–Trinajstić information content (AvgIpc) is 3.73. The molecule has 1 atom stereocenters. The number of carbonyl (C=O) groups excluding carboxylic acids is 3. The normalized spacial score (nSPS) is 19.1. The standard InChI is InChI=1S/C35H32Cl2F4N2O5/c1-34(17-42(18-34)16-20-4-6-21(7-5-20)23-11-24(36)13-25(37)12-23)19-47-30-15-28(38)27(14-26(30)22-8-9-22)31(44)43-10-2-3-29(43)32(45)48-33(46)35(39,40)41/h4-7,11-15,22,29H,2-3,8-10,16-19H2,1H3/t29-/m0/s1. The number of nitrogens with zero attached hydrogens (tertiary/aromatic N) is 2. The van der Waals surface area contributed by atoms with Crippen LogP contribution in [0.1, 0.15) is 60.0 Å². The highest BCUT2D eigenvalue weighted by molar-refractivity contribution is 6.35. The van der Waals surface area contributed by atoms with Crippen molar-refractivity contribution in [3.05, 3.63) is 87.2 Å². The molecule has 1 amide bonds. The van der Waals surface area contributed by atoms with Crippen molar-refractivity contribution in [2.24, 2.45) is 5.41 Å². The van der Waals surface area contributed by atoms with E-state index in [1.165, 1.54) is 12.1 Å². The van der Waals surface area contributed by atoms with Crippen molar-refractivity contribution in [2.75, 3.05) is 26.2 Å². The lowest BCUT2D eigenvalue weighted by molar-refractivity contribution is -0.203. The van der Waals surface area contributed by atoms with Gasteiger partial charge in [0.15, 0.2) is 0 Å². The summed E-state index contributed by atoms with van der Waals surface area (Å²) in [6.07, 6.45) is -3.42. The summed E-state index contributed by atoms with van der Waals surface area (Å²) in [5, 5.41) is 1.15. The molecule has 3 aromatic rings. The van der Waals surface area contributed by atoms with Gasteiger partial charge in [-0.3, -0.25) is 9.69 Å². The van der Waals surface area contributed by atoms with E-state index in [0.29, 0.717) is 28.0 Å². The second kappa shape index (κ2) is 13.3. The largest absolute Gasteiger partial charge is 0.493 e. The van der Waals surface area contributed by atoms with Gasteiger partial charge in [-0.2, -0.15) is 13.2 Å². The number of alkyl halides is 3. The van der Waals surface area contributed by atoms with Crippen LogP contribution < -0.4 is 4.74 Å². The highest BCUT2D eigenvalue weighted by atomic mass is 35.5. The molecule has 7 nitrogen and oxygen atoms in total. The highest BCUT2D eigenvalue weighted by Gasteiger charge is 2.46. The van der Waals surface area contributed by atoms with Crippen molar-refractivity contribution in [2.45, 2.75) is 57.3 Å². The zero-order valence-electron chi connectivity index (χ0n) is 25.9. The molecule has 3 aliphatic rings. The van der Waals surface area contributed by atoms with Gasteiger partial charge in [-0.25, -0.2) is 14.0 Å². The molecular weight excluding hydrogens is 675 g/mol. The minimum atomic E-state index is -5.36. The van der Waals surface area contributed by atoms with Gasteiger partial charge in [0, 0.05) is 47.7 Å². The summed E-state index contributed by atoms with van der Waals surface area (Å²) in [5.74, 6) is -5.45. The van der Waals surface area contributed by atoms with E-state index in [4.69, 9.17) is 27.9 Å². The van der Waals surface area contributed by atoms with E-state index in [9.17, 15) is 27.6 Å². The van der Waals surface area contributed by atoms with Gasteiger partial charge in [-0.05, 0) is 78.1 Å². The monoisotopic (exact) mass is 706 g/mol. The summed E-state index contributed by atoms with van der Waals surface area (Å²) >= 11 is 12.3. The predicted molar refractivity (Wildman–Crippen MR) is 170 cm³/mol. The van der Waals surface area contributed by atoms with Crippen molar-refractivity contribution in [1.29, 1.82) is 0 Å². The van der Waals surface area contributed by atoms with Gasteiger partial charge in [-0.15, -0.1) is 0 Å². The third-order valence-electron chi connectivity index (χ3n) is 8.90. The Morgan fingerprint density at radius 2 is 1.60 bits per heavy atom. The van der Waals surface area contributed by atoms with Crippen LogP contribution in [0.5, 0.6) is 5.75 Å². The van der Waals surface area contributed by atoms with Crippen LogP contribution in [0.4, 0.5) is 17.6 Å². The fourth-order valence-electron chi connectivity index (χ4n) is 6.47. The Labute approximate surface area is 284 Å². The first-order valence-electron chi connectivity index (χ1n) is 15.6. The minimum Gasteiger partial charge on any atom is -0.493 e. The second-order valence-corrected chi connectivity index (χ2v) is 14.0. The number of ether oxygens (including phenoxy) is 2. The number of rotatable bonds is 9. The van der Waals surface area contributed by atoms with Gasteiger partial charge in [0.05, 0.1) is 12.2 Å². The molecule has 6 rings (SSSR count). The van der Waals surface area contributed by atoms with Crippen LogP contribution in [0, 0.1) is 11.2 Å². The van der Waals surface area contributed by atoms with Crippen molar-refractivity contribution >= 4 is 41.0 Å². The lowest BCUT2D eigenvalue weighted by Crippen LogP contribution is -2.56. The van der Waals surface area contributed by atoms with E-state index in [0.717, 1.165) is 54.1 Å². The zero-order chi connectivity index (χ0) is 34.4. The Balaban J connectivity index is 1.07. The quantitative estimate of drug-likeness (QED) is 0.128. The summed E-state index contributed by atoms with van der Waals surface area (Å²) in [6, 6.07) is 14.8. The van der Waals surface area contributed by atoms with Crippen molar-refractivity contribution < 1.29 is 41.4 Å². The van der Waals surface area contributed by atoms with Crippen LogP contribution in [0.25, 0.3) is 11.1 Å². The van der Waals surface area contributed by atoms with Gasteiger partial charge in [0.1, 0.15) is 17.6 Å². The molecule has 0 N–H and O–H groups in total. The highest BCUT2D eigenvalue weighted by Crippen LogP contribution is 2.46. The Morgan fingerprint density at radius 3 is 2.23 bits per heavy atom. The van der Waals surface area contributed by atoms with E-state index in [-0.39, 0.29) is 36.3 Å². The first kappa shape index (κ1) is 34.2. The number of hydrogen-bond acceptors (Lipinski definition) is 6. The van der Waals surface area contributed by atoms with Crippen molar-refractivity contribution in [3.63, 3.8) is 0 Å². The van der Waals surface area contributed by atoms with Gasteiger partial charge in [-0.1, -0.05) is 54.4 Å². The molecule has 3 aromatic carbocycles. The van der Waals surface area contributed by atoms with Gasteiger partial charge < -0.3 is 14.4 Å². The van der Waals surface area contributed by atoms with E-state index in [2.05, 4.69) is 28.7 Å². The van der Waals surface area contributed by atoms with Gasteiger partial charge in [0.25, 0.3) is 5.91 Å². The number of benzene rings is 3. The molecule has 0 bridgehead atoms. The maximum Gasteiger partial charge on any atom is 0.491 e. The average molecular weight is 708 g/mol. The number of amides is 1. The Kier molecular flexibility index (Phi) is 9.50. The summed E-state index contributed by atoms with van der Waals surface area (Å²) < 4.78 is 63.4. The molecule has 254 valence electrons. The second-order valence-electron chi connectivity index (χ2n) is 13.1. The van der Waals surface area contributed by atoms with Crippen LogP contribution in [0.3, 0.4) is 0 Å². The molecule has 1 saturated carbocycles. The third kappa shape index (κ3) is 7.63.